The second kappa shape index (κ2) is 10.2. The van der Waals surface area contributed by atoms with Gasteiger partial charge < -0.3 is 10.6 Å². The van der Waals surface area contributed by atoms with Gasteiger partial charge in [-0.1, -0.05) is 29.3 Å². The largest absolute Gasteiger partial charge is 0.357 e. The van der Waals surface area contributed by atoms with Crippen molar-refractivity contribution in [1.29, 1.82) is 0 Å². The number of aromatic nitrogens is 1. The lowest BCUT2D eigenvalue weighted by Crippen LogP contribution is -2.38. The summed E-state index contributed by atoms with van der Waals surface area (Å²) in [5, 5.41) is 7.89. The molecule has 0 aliphatic rings. The smallest absolute Gasteiger partial charge is 0.191 e. The molecule has 0 saturated heterocycles. The molecule has 2 N–H and O–H groups in total. The Morgan fingerprint density at radius 2 is 1.88 bits per heavy atom. The van der Waals surface area contributed by atoms with Crippen LogP contribution in [-0.2, 0) is 12.8 Å². The van der Waals surface area contributed by atoms with Crippen molar-refractivity contribution in [2.24, 2.45) is 4.99 Å². The fourth-order valence-electron chi connectivity index (χ4n) is 2.25. The molecule has 0 unspecified atom stereocenters. The number of benzene rings is 1. The fourth-order valence-corrected chi connectivity index (χ4v) is 2.82. The highest BCUT2D eigenvalue weighted by atomic mass is 35.5. The standard InChI is InChI=1S/C18H22Cl2N4/c1-2-21-18(24-10-7-17-5-3-4-8-22-17)23-9-6-14-11-15(19)13-16(20)12-14/h3-5,8,11-13H,2,6-7,9-10H2,1H3,(H2,21,23,24). The first kappa shape index (κ1) is 18.6. The summed E-state index contributed by atoms with van der Waals surface area (Å²) in [6.45, 7) is 4.31. The molecule has 1 aromatic heterocycles. The molecule has 0 atom stereocenters. The van der Waals surface area contributed by atoms with E-state index in [1.807, 2.05) is 37.3 Å². The van der Waals surface area contributed by atoms with E-state index in [1.165, 1.54) is 0 Å². The number of aliphatic imine (C=N–C) groups is 1. The Hall–Kier alpha value is -1.78. The van der Waals surface area contributed by atoms with E-state index in [1.54, 1.807) is 12.3 Å². The maximum atomic E-state index is 6.02. The number of pyridine rings is 1. The van der Waals surface area contributed by atoms with Crippen molar-refractivity contribution in [3.63, 3.8) is 0 Å². The molecule has 2 rings (SSSR count). The molecule has 6 heteroatoms. The average molecular weight is 365 g/mol. The highest BCUT2D eigenvalue weighted by Gasteiger charge is 2.01. The highest BCUT2D eigenvalue weighted by molar-refractivity contribution is 6.34. The van der Waals surface area contributed by atoms with E-state index in [0.29, 0.717) is 16.6 Å². The van der Waals surface area contributed by atoms with E-state index in [0.717, 1.165) is 43.1 Å². The maximum Gasteiger partial charge on any atom is 0.191 e. The predicted octanol–water partition coefficient (Wildman–Crippen LogP) is 3.73. The van der Waals surface area contributed by atoms with Crippen LogP contribution in [0.2, 0.25) is 10.0 Å². The summed E-state index contributed by atoms with van der Waals surface area (Å²) in [6.07, 6.45) is 3.45. The van der Waals surface area contributed by atoms with Crippen molar-refractivity contribution in [2.45, 2.75) is 19.8 Å². The Bertz CT molecular complexity index is 639. The molecule has 128 valence electrons. The van der Waals surface area contributed by atoms with Gasteiger partial charge in [-0.3, -0.25) is 9.98 Å². The Kier molecular flexibility index (Phi) is 7.86. The van der Waals surface area contributed by atoms with Gasteiger partial charge in [0, 0.05) is 48.0 Å². The zero-order valence-corrected chi connectivity index (χ0v) is 15.2. The van der Waals surface area contributed by atoms with Gasteiger partial charge in [-0.05, 0) is 49.2 Å². The van der Waals surface area contributed by atoms with Crippen molar-refractivity contribution in [3.05, 3.63) is 63.9 Å². The van der Waals surface area contributed by atoms with Crippen LogP contribution < -0.4 is 10.6 Å². The van der Waals surface area contributed by atoms with Gasteiger partial charge in [-0.25, -0.2) is 0 Å². The number of halogens is 2. The third-order valence-corrected chi connectivity index (χ3v) is 3.77. The molecule has 0 aliphatic carbocycles. The van der Waals surface area contributed by atoms with Gasteiger partial charge in [-0.15, -0.1) is 0 Å². The minimum absolute atomic E-state index is 0.661. The van der Waals surface area contributed by atoms with Gasteiger partial charge >= 0.3 is 0 Å². The Morgan fingerprint density at radius 1 is 1.08 bits per heavy atom. The summed E-state index contributed by atoms with van der Waals surface area (Å²) in [5.74, 6) is 0.807. The number of nitrogens with one attached hydrogen (secondary N) is 2. The van der Waals surface area contributed by atoms with E-state index in [9.17, 15) is 0 Å². The number of guanidine groups is 1. The van der Waals surface area contributed by atoms with Crippen molar-refractivity contribution >= 4 is 29.2 Å². The molecular formula is C18H22Cl2N4. The van der Waals surface area contributed by atoms with Gasteiger partial charge in [-0.2, -0.15) is 0 Å². The van der Waals surface area contributed by atoms with Crippen molar-refractivity contribution in [3.8, 4) is 0 Å². The molecule has 0 radical (unpaired) electrons. The molecule has 2 aromatic rings. The van der Waals surface area contributed by atoms with Gasteiger partial charge in [0.1, 0.15) is 0 Å². The van der Waals surface area contributed by atoms with Crippen LogP contribution in [0.15, 0.2) is 47.6 Å². The lowest BCUT2D eigenvalue weighted by molar-refractivity contribution is 0.794. The lowest BCUT2D eigenvalue weighted by atomic mass is 10.1. The van der Waals surface area contributed by atoms with Gasteiger partial charge in [0.15, 0.2) is 5.96 Å². The van der Waals surface area contributed by atoms with Crippen LogP contribution in [0.25, 0.3) is 0 Å². The second-order valence-corrected chi connectivity index (χ2v) is 6.16. The van der Waals surface area contributed by atoms with Gasteiger partial charge in [0.2, 0.25) is 0 Å². The number of hydrogen-bond acceptors (Lipinski definition) is 2. The Labute approximate surface area is 153 Å². The average Bonchev–Trinajstić information content (AvgIpc) is 2.55. The highest BCUT2D eigenvalue weighted by Crippen LogP contribution is 2.19. The fraction of sp³-hybridized carbons (Fsp3) is 0.333. The van der Waals surface area contributed by atoms with Crippen molar-refractivity contribution < 1.29 is 0 Å². The molecule has 1 heterocycles. The zero-order chi connectivity index (χ0) is 17.2. The van der Waals surface area contributed by atoms with Crippen LogP contribution in [0.5, 0.6) is 0 Å². The summed E-state index contributed by atoms with van der Waals surface area (Å²) in [4.78, 5) is 8.88. The molecular weight excluding hydrogens is 343 g/mol. The van der Waals surface area contributed by atoms with E-state index in [-0.39, 0.29) is 0 Å². The topological polar surface area (TPSA) is 49.3 Å². The summed E-state index contributed by atoms with van der Waals surface area (Å²) < 4.78 is 0. The first-order chi connectivity index (χ1) is 11.7. The molecule has 4 nitrogen and oxygen atoms in total. The summed E-state index contributed by atoms with van der Waals surface area (Å²) in [7, 11) is 0. The van der Waals surface area contributed by atoms with E-state index >= 15 is 0 Å². The van der Waals surface area contributed by atoms with Crippen LogP contribution in [0.3, 0.4) is 0 Å². The van der Waals surface area contributed by atoms with Crippen LogP contribution in [0.4, 0.5) is 0 Å². The predicted molar refractivity (Wildman–Crippen MR) is 102 cm³/mol. The maximum absolute atomic E-state index is 6.02. The van der Waals surface area contributed by atoms with Crippen LogP contribution >= 0.6 is 23.2 Å². The summed E-state index contributed by atoms with van der Waals surface area (Å²) in [6, 6.07) is 11.5. The van der Waals surface area contributed by atoms with Gasteiger partial charge in [0.25, 0.3) is 0 Å². The van der Waals surface area contributed by atoms with E-state index in [4.69, 9.17) is 23.2 Å². The molecule has 0 bridgehead atoms. The molecule has 24 heavy (non-hydrogen) atoms. The third kappa shape index (κ3) is 6.77. The Balaban J connectivity index is 1.82. The van der Waals surface area contributed by atoms with E-state index in [2.05, 4.69) is 20.6 Å². The Morgan fingerprint density at radius 3 is 2.54 bits per heavy atom. The normalized spacial score (nSPS) is 11.4. The molecule has 0 amide bonds. The lowest BCUT2D eigenvalue weighted by Gasteiger charge is -2.11. The third-order valence-electron chi connectivity index (χ3n) is 3.34. The number of rotatable bonds is 7. The monoisotopic (exact) mass is 364 g/mol. The summed E-state index contributed by atoms with van der Waals surface area (Å²) in [5.41, 5.74) is 2.15. The first-order valence-corrected chi connectivity index (χ1v) is 8.80. The quantitative estimate of drug-likeness (QED) is 0.581. The number of hydrogen-bond donors (Lipinski definition) is 2. The summed E-state index contributed by atoms with van der Waals surface area (Å²) >= 11 is 12.0. The molecule has 0 spiro atoms. The molecule has 0 aliphatic heterocycles. The minimum atomic E-state index is 0.661. The number of nitrogens with zero attached hydrogens (tertiary/aromatic N) is 2. The van der Waals surface area contributed by atoms with Crippen LogP contribution in [0, 0.1) is 0 Å². The molecule has 1 aromatic carbocycles. The molecule has 0 fully saturated rings. The van der Waals surface area contributed by atoms with Gasteiger partial charge in [0.05, 0.1) is 0 Å². The van der Waals surface area contributed by atoms with E-state index < -0.39 is 0 Å². The van der Waals surface area contributed by atoms with Crippen LogP contribution in [0.1, 0.15) is 18.2 Å². The minimum Gasteiger partial charge on any atom is -0.357 e. The van der Waals surface area contributed by atoms with Crippen molar-refractivity contribution in [2.75, 3.05) is 19.6 Å². The van der Waals surface area contributed by atoms with Crippen LogP contribution in [-0.4, -0.2) is 30.6 Å². The van der Waals surface area contributed by atoms with Crippen molar-refractivity contribution in [1.82, 2.24) is 15.6 Å². The molecule has 0 saturated carbocycles. The second-order valence-electron chi connectivity index (χ2n) is 5.29. The first-order valence-electron chi connectivity index (χ1n) is 8.04. The SMILES string of the molecule is CCNC(=NCCc1ccccn1)NCCc1cc(Cl)cc(Cl)c1. The zero-order valence-electron chi connectivity index (χ0n) is 13.7.